The van der Waals surface area contributed by atoms with Gasteiger partial charge in [-0.05, 0) is 58.7 Å². The van der Waals surface area contributed by atoms with Gasteiger partial charge in [-0.1, -0.05) is 97.1 Å². The minimum absolute atomic E-state index is 0. The summed E-state index contributed by atoms with van der Waals surface area (Å²) < 4.78 is 0. The quantitative estimate of drug-likeness (QED) is 0.179. The largest absolute Gasteiger partial charge is 0.507 e. The molecular weight excluding hydrogens is 687 g/mol. The van der Waals surface area contributed by atoms with Gasteiger partial charge in [-0.15, -0.1) is 0 Å². The number of aromatic nitrogens is 2. The molecule has 0 aliphatic heterocycles. The van der Waals surface area contributed by atoms with Gasteiger partial charge in [-0.25, -0.2) is 9.97 Å². The molecule has 0 unspecified atom stereocenters. The molecular formula is C36H24N2O2Pt. The number of rotatable bonds is 4. The van der Waals surface area contributed by atoms with Crippen LogP contribution in [-0.2, 0) is 21.1 Å². The Hall–Kier alpha value is -4.79. The zero-order chi connectivity index (χ0) is 27.1. The van der Waals surface area contributed by atoms with E-state index in [2.05, 4.69) is 36.4 Å². The van der Waals surface area contributed by atoms with Crippen LogP contribution in [0.2, 0.25) is 0 Å². The van der Waals surface area contributed by atoms with Crippen molar-refractivity contribution in [3.05, 3.63) is 133 Å². The van der Waals surface area contributed by atoms with Gasteiger partial charge in [0.15, 0.2) is 0 Å². The minimum atomic E-state index is 0. The van der Waals surface area contributed by atoms with Gasteiger partial charge in [0.2, 0.25) is 0 Å². The zero-order valence-electron chi connectivity index (χ0n) is 21.8. The molecule has 0 atom stereocenters. The molecule has 7 rings (SSSR count). The van der Waals surface area contributed by atoms with Crippen LogP contribution in [0.5, 0.6) is 11.5 Å². The Labute approximate surface area is 251 Å². The molecule has 5 aromatic carbocycles. The fourth-order valence-corrected chi connectivity index (χ4v) is 5.34. The van der Waals surface area contributed by atoms with E-state index >= 15 is 0 Å². The van der Waals surface area contributed by atoms with E-state index in [0.717, 1.165) is 44.1 Å². The molecule has 200 valence electrons. The number of hydrogen-bond donors (Lipinski definition) is 2. The fourth-order valence-electron chi connectivity index (χ4n) is 5.34. The van der Waals surface area contributed by atoms with Crippen LogP contribution in [0.25, 0.3) is 66.6 Å². The van der Waals surface area contributed by atoms with Gasteiger partial charge in [0.1, 0.15) is 11.5 Å². The third kappa shape index (κ3) is 4.77. The minimum Gasteiger partial charge on any atom is -0.507 e. The van der Waals surface area contributed by atoms with Crippen molar-refractivity contribution in [3.8, 4) is 56.3 Å². The second-order valence-corrected chi connectivity index (χ2v) is 9.73. The molecule has 0 fully saturated rings. The second kappa shape index (κ2) is 11.0. The van der Waals surface area contributed by atoms with Gasteiger partial charge in [-0.3, -0.25) is 0 Å². The average Bonchev–Trinajstić information content (AvgIpc) is 3.01. The van der Waals surface area contributed by atoms with Crippen molar-refractivity contribution in [1.29, 1.82) is 0 Å². The third-order valence-corrected chi connectivity index (χ3v) is 7.29. The number of pyridine rings is 2. The molecule has 4 nitrogen and oxygen atoms in total. The molecule has 0 bridgehead atoms. The summed E-state index contributed by atoms with van der Waals surface area (Å²) in [4.78, 5) is 10.3. The number of nitrogens with zero attached hydrogens (tertiary/aromatic N) is 2. The van der Waals surface area contributed by atoms with Gasteiger partial charge in [0, 0.05) is 43.0 Å². The fraction of sp³-hybridized carbons (Fsp3) is 0. The maximum Gasteiger partial charge on any atom is 0.124 e. The standard InChI is InChI=1S/C36H24N2O2.Pt/c39-33-17-9-7-15-27(33)31-21-29(23-11-3-1-4-12-23)25-19-20-26-30(24-13-5-2-6-14-24)22-32(38-36(26)35(25)37-31)28-16-8-10-18-34(28)40;/h1-22,39-40H;. The average molecular weight is 712 g/mol. The summed E-state index contributed by atoms with van der Waals surface area (Å²) in [6.07, 6.45) is 0. The summed E-state index contributed by atoms with van der Waals surface area (Å²) in [6.45, 7) is 0. The molecule has 7 aromatic rings. The van der Waals surface area contributed by atoms with Gasteiger partial charge in [0.05, 0.1) is 22.4 Å². The van der Waals surface area contributed by atoms with Gasteiger partial charge in [0.25, 0.3) is 0 Å². The monoisotopic (exact) mass is 711 g/mol. The van der Waals surface area contributed by atoms with E-state index in [9.17, 15) is 10.2 Å². The first kappa shape index (κ1) is 26.4. The summed E-state index contributed by atoms with van der Waals surface area (Å²) in [5, 5.41) is 23.4. The zero-order valence-corrected chi connectivity index (χ0v) is 24.1. The number of benzene rings is 5. The van der Waals surface area contributed by atoms with Gasteiger partial charge in [-0.2, -0.15) is 0 Å². The predicted octanol–water partition coefficient (Wildman–Crippen LogP) is 8.86. The van der Waals surface area contributed by atoms with Crippen LogP contribution in [-0.4, -0.2) is 20.2 Å². The van der Waals surface area contributed by atoms with Crippen LogP contribution in [0, 0.1) is 0 Å². The van der Waals surface area contributed by atoms with Gasteiger partial charge >= 0.3 is 0 Å². The number of phenols is 2. The van der Waals surface area contributed by atoms with Gasteiger partial charge < -0.3 is 10.2 Å². The number of phenolic OH excluding ortho intramolecular Hbond substituents is 2. The van der Waals surface area contributed by atoms with Crippen LogP contribution in [0.4, 0.5) is 0 Å². The molecule has 2 N–H and O–H groups in total. The van der Waals surface area contributed by atoms with Crippen molar-refractivity contribution in [2.75, 3.05) is 0 Å². The van der Waals surface area contributed by atoms with Crippen molar-refractivity contribution >= 4 is 21.8 Å². The maximum atomic E-state index is 10.7. The van der Waals surface area contributed by atoms with E-state index in [1.165, 1.54) is 0 Å². The van der Waals surface area contributed by atoms with Crippen molar-refractivity contribution in [2.24, 2.45) is 0 Å². The third-order valence-electron chi connectivity index (χ3n) is 7.29. The molecule has 5 heteroatoms. The number of aromatic hydroxyl groups is 2. The van der Waals surface area contributed by atoms with Crippen LogP contribution in [0.15, 0.2) is 133 Å². The van der Waals surface area contributed by atoms with E-state index in [4.69, 9.17) is 9.97 Å². The van der Waals surface area contributed by atoms with Crippen LogP contribution in [0.3, 0.4) is 0 Å². The number of hydrogen-bond acceptors (Lipinski definition) is 4. The number of fused-ring (bicyclic) bond motifs is 3. The van der Waals surface area contributed by atoms with Crippen molar-refractivity contribution in [1.82, 2.24) is 9.97 Å². The molecule has 0 saturated heterocycles. The van der Waals surface area contributed by atoms with Crippen LogP contribution >= 0.6 is 0 Å². The molecule has 0 radical (unpaired) electrons. The smallest absolute Gasteiger partial charge is 0.124 e. The summed E-state index contributed by atoms with van der Waals surface area (Å²) >= 11 is 0. The molecule has 0 spiro atoms. The Bertz CT molecular complexity index is 1880. The molecule has 0 amide bonds. The summed E-state index contributed by atoms with van der Waals surface area (Å²) in [5.74, 6) is 0.336. The predicted molar refractivity (Wildman–Crippen MR) is 162 cm³/mol. The Kier molecular flexibility index (Phi) is 7.09. The molecule has 2 aromatic heterocycles. The molecule has 0 saturated carbocycles. The van der Waals surface area contributed by atoms with Crippen molar-refractivity contribution < 1.29 is 31.3 Å². The van der Waals surface area contributed by atoms with E-state index < -0.39 is 0 Å². The molecule has 0 aliphatic rings. The van der Waals surface area contributed by atoms with Crippen molar-refractivity contribution in [2.45, 2.75) is 0 Å². The van der Waals surface area contributed by atoms with E-state index in [1.54, 1.807) is 24.3 Å². The van der Waals surface area contributed by atoms with E-state index in [1.807, 2.05) is 72.8 Å². The first-order valence-electron chi connectivity index (χ1n) is 13.1. The maximum absolute atomic E-state index is 10.7. The van der Waals surface area contributed by atoms with Crippen LogP contribution < -0.4 is 0 Å². The Morgan fingerprint density at radius 1 is 0.390 bits per heavy atom. The Morgan fingerprint density at radius 3 is 1.15 bits per heavy atom. The topological polar surface area (TPSA) is 66.2 Å². The van der Waals surface area contributed by atoms with E-state index in [0.29, 0.717) is 22.5 Å². The molecule has 41 heavy (non-hydrogen) atoms. The van der Waals surface area contributed by atoms with E-state index in [-0.39, 0.29) is 32.6 Å². The van der Waals surface area contributed by atoms with Crippen LogP contribution in [0.1, 0.15) is 0 Å². The van der Waals surface area contributed by atoms with Crippen molar-refractivity contribution in [3.63, 3.8) is 0 Å². The summed E-state index contributed by atoms with van der Waals surface area (Å²) in [5.41, 5.74) is 8.18. The first-order chi connectivity index (χ1) is 19.7. The number of para-hydroxylation sites is 2. The summed E-state index contributed by atoms with van der Waals surface area (Å²) in [7, 11) is 0. The first-order valence-corrected chi connectivity index (χ1v) is 13.1. The Morgan fingerprint density at radius 2 is 0.756 bits per heavy atom. The molecule has 2 heterocycles. The SMILES string of the molecule is Oc1ccccc1-c1cc(-c2ccccc2)c2ccc3c(-c4ccccc4)cc(-c4ccccc4O)nc3c2n1.[Pt]. The molecule has 0 aliphatic carbocycles. The summed E-state index contributed by atoms with van der Waals surface area (Å²) in [6, 6.07) is 43.2. The Balaban J connectivity index is 0.00000302. The normalized spacial score (nSPS) is 10.9. The second-order valence-electron chi connectivity index (χ2n) is 9.73.